The smallest absolute Gasteiger partial charge is 0.358 e. The van der Waals surface area contributed by atoms with Gasteiger partial charge in [-0.25, -0.2) is 0 Å². The summed E-state index contributed by atoms with van der Waals surface area (Å²) in [6.07, 6.45) is 8.02. The Labute approximate surface area is 128 Å². The second-order valence-electron chi connectivity index (χ2n) is 5.75. The lowest BCUT2D eigenvalue weighted by Gasteiger charge is -2.06. The lowest BCUT2D eigenvalue weighted by atomic mass is 10.2. The Morgan fingerprint density at radius 2 is 2.18 bits per heavy atom. The highest BCUT2D eigenvalue weighted by Gasteiger charge is 2.17. The minimum atomic E-state index is -0.440. The summed E-state index contributed by atoms with van der Waals surface area (Å²) >= 11 is 0. The Morgan fingerprint density at radius 3 is 2.95 bits per heavy atom. The number of nitro groups is 1. The minimum Gasteiger partial charge on any atom is -0.358 e. The van der Waals surface area contributed by atoms with Crippen molar-refractivity contribution in [3.63, 3.8) is 0 Å². The van der Waals surface area contributed by atoms with Crippen LogP contribution in [0.5, 0.6) is 0 Å². The van der Waals surface area contributed by atoms with Gasteiger partial charge in [0, 0.05) is 19.4 Å². The molecule has 0 bridgehead atoms. The Kier molecular flexibility index (Phi) is 4.17. The zero-order valence-corrected chi connectivity index (χ0v) is 12.7. The zero-order chi connectivity index (χ0) is 15.5. The van der Waals surface area contributed by atoms with Crippen LogP contribution in [0.3, 0.4) is 0 Å². The molecule has 0 amide bonds. The van der Waals surface area contributed by atoms with Gasteiger partial charge in [-0.05, 0) is 31.1 Å². The maximum atomic E-state index is 10.8. The van der Waals surface area contributed by atoms with Crippen LogP contribution in [0.15, 0.2) is 6.20 Å². The highest BCUT2D eigenvalue weighted by atomic mass is 16.6. The van der Waals surface area contributed by atoms with E-state index in [9.17, 15) is 10.1 Å². The third-order valence-electron chi connectivity index (χ3n) is 4.07. The topological polar surface area (TPSA) is 91.7 Å². The monoisotopic (exact) mass is 304 g/mol. The van der Waals surface area contributed by atoms with Gasteiger partial charge >= 0.3 is 5.82 Å². The van der Waals surface area contributed by atoms with Crippen molar-refractivity contribution in [1.29, 1.82) is 0 Å². The van der Waals surface area contributed by atoms with Crippen LogP contribution in [-0.2, 0) is 25.9 Å². The van der Waals surface area contributed by atoms with Gasteiger partial charge in [0.15, 0.2) is 0 Å². The van der Waals surface area contributed by atoms with Gasteiger partial charge in [-0.2, -0.15) is 4.68 Å². The average molecular weight is 304 g/mol. The van der Waals surface area contributed by atoms with Crippen molar-refractivity contribution < 1.29 is 4.92 Å². The first-order chi connectivity index (χ1) is 10.6. The molecule has 118 valence electrons. The summed E-state index contributed by atoms with van der Waals surface area (Å²) < 4.78 is 3.89. The molecule has 0 aromatic carbocycles. The van der Waals surface area contributed by atoms with Crippen molar-refractivity contribution in [1.82, 2.24) is 24.5 Å². The van der Waals surface area contributed by atoms with Crippen molar-refractivity contribution in [3.05, 3.63) is 33.5 Å². The predicted octanol–water partition coefficient (Wildman–Crippen LogP) is 2.05. The quantitative estimate of drug-likeness (QED) is 0.622. The van der Waals surface area contributed by atoms with Crippen LogP contribution in [0.25, 0.3) is 0 Å². The molecule has 8 nitrogen and oxygen atoms in total. The van der Waals surface area contributed by atoms with Crippen molar-refractivity contribution in [2.24, 2.45) is 0 Å². The fraction of sp³-hybridized carbons (Fsp3) is 0.643. The number of nitrogens with zero attached hydrogens (tertiary/aromatic N) is 6. The molecule has 1 aliphatic heterocycles. The standard InChI is InChI=1S/C14H20N6O2/c1-11-10-18(17-14(11)20(21)22)8-5-7-13-16-15-12-6-3-2-4-9-19(12)13/h10H,2-9H2,1H3. The summed E-state index contributed by atoms with van der Waals surface area (Å²) in [7, 11) is 0. The molecule has 3 heterocycles. The van der Waals surface area contributed by atoms with Crippen molar-refractivity contribution in [2.45, 2.75) is 58.5 Å². The number of rotatable bonds is 5. The van der Waals surface area contributed by atoms with E-state index in [0.29, 0.717) is 12.1 Å². The van der Waals surface area contributed by atoms with Crippen molar-refractivity contribution in [3.8, 4) is 0 Å². The Balaban J connectivity index is 1.60. The molecule has 2 aromatic rings. The summed E-state index contributed by atoms with van der Waals surface area (Å²) in [5, 5.41) is 23.4. The van der Waals surface area contributed by atoms with E-state index in [4.69, 9.17) is 0 Å². The molecule has 3 rings (SSSR count). The normalized spacial score (nSPS) is 14.6. The SMILES string of the molecule is Cc1cn(CCCc2nnc3n2CCCCC3)nc1[N+](=O)[O-]. The summed E-state index contributed by atoms with van der Waals surface area (Å²) in [5.41, 5.74) is 0.598. The first-order valence-electron chi connectivity index (χ1n) is 7.74. The van der Waals surface area contributed by atoms with Gasteiger partial charge in [-0.1, -0.05) is 6.42 Å². The second kappa shape index (κ2) is 6.25. The van der Waals surface area contributed by atoms with Gasteiger partial charge in [0.2, 0.25) is 0 Å². The molecule has 0 radical (unpaired) electrons. The molecular formula is C14H20N6O2. The minimum absolute atomic E-state index is 0.0589. The third-order valence-corrected chi connectivity index (χ3v) is 4.07. The Hall–Kier alpha value is -2.25. The molecule has 0 N–H and O–H groups in total. The van der Waals surface area contributed by atoms with E-state index in [0.717, 1.165) is 37.5 Å². The zero-order valence-electron chi connectivity index (χ0n) is 12.7. The van der Waals surface area contributed by atoms with E-state index in [1.165, 1.54) is 19.3 Å². The largest absolute Gasteiger partial charge is 0.392 e. The van der Waals surface area contributed by atoms with E-state index < -0.39 is 4.92 Å². The molecule has 0 atom stereocenters. The van der Waals surface area contributed by atoms with Gasteiger partial charge in [0.05, 0.1) is 23.4 Å². The molecule has 0 unspecified atom stereocenters. The molecule has 8 heteroatoms. The van der Waals surface area contributed by atoms with Crippen LogP contribution < -0.4 is 0 Å². The molecular weight excluding hydrogens is 284 g/mol. The Morgan fingerprint density at radius 1 is 1.32 bits per heavy atom. The van der Waals surface area contributed by atoms with Gasteiger partial charge in [-0.3, -0.25) is 0 Å². The summed E-state index contributed by atoms with van der Waals surface area (Å²) in [6.45, 7) is 3.36. The highest BCUT2D eigenvalue weighted by Crippen LogP contribution is 2.17. The van der Waals surface area contributed by atoms with E-state index in [2.05, 4.69) is 19.9 Å². The fourth-order valence-corrected chi connectivity index (χ4v) is 2.94. The first-order valence-corrected chi connectivity index (χ1v) is 7.74. The van der Waals surface area contributed by atoms with Gasteiger partial charge < -0.3 is 14.7 Å². The molecule has 0 fully saturated rings. The first kappa shape index (κ1) is 14.7. The lowest BCUT2D eigenvalue weighted by molar-refractivity contribution is -0.390. The van der Waals surface area contributed by atoms with Gasteiger partial charge in [0.25, 0.3) is 0 Å². The summed E-state index contributed by atoms with van der Waals surface area (Å²) in [6, 6.07) is 0. The highest BCUT2D eigenvalue weighted by molar-refractivity contribution is 5.27. The van der Waals surface area contributed by atoms with E-state index in [1.807, 2.05) is 0 Å². The maximum Gasteiger partial charge on any atom is 0.392 e. The predicted molar refractivity (Wildman–Crippen MR) is 79.5 cm³/mol. The van der Waals surface area contributed by atoms with Crippen LogP contribution in [0.1, 0.15) is 42.9 Å². The maximum absolute atomic E-state index is 10.8. The van der Waals surface area contributed by atoms with Crippen LogP contribution in [0.2, 0.25) is 0 Å². The average Bonchev–Trinajstić information content (AvgIpc) is 2.95. The van der Waals surface area contributed by atoms with Crippen LogP contribution >= 0.6 is 0 Å². The van der Waals surface area contributed by atoms with E-state index in [1.54, 1.807) is 17.8 Å². The van der Waals surface area contributed by atoms with Crippen molar-refractivity contribution in [2.75, 3.05) is 0 Å². The summed E-state index contributed by atoms with van der Waals surface area (Å²) in [4.78, 5) is 10.4. The van der Waals surface area contributed by atoms with Gasteiger partial charge in [-0.15, -0.1) is 10.2 Å². The third kappa shape index (κ3) is 3.00. The number of fused-ring (bicyclic) bond motifs is 1. The molecule has 0 saturated carbocycles. The molecule has 0 saturated heterocycles. The second-order valence-corrected chi connectivity index (χ2v) is 5.75. The van der Waals surface area contributed by atoms with Gasteiger partial charge in [0.1, 0.15) is 11.6 Å². The van der Waals surface area contributed by atoms with Crippen molar-refractivity contribution >= 4 is 5.82 Å². The van der Waals surface area contributed by atoms with E-state index >= 15 is 0 Å². The number of aromatic nitrogens is 5. The van der Waals surface area contributed by atoms with E-state index in [-0.39, 0.29) is 5.82 Å². The summed E-state index contributed by atoms with van der Waals surface area (Å²) in [5.74, 6) is 2.06. The number of hydrogen-bond acceptors (Lipinski definition) is 5. The lowest BCUT2D eigenvalue weighted by Crippen LogP contribution is -2.08. The molecule has 0 spiro atoms. The fourth-order valence-electron chi connectivity index (χ4n) is 2.94. The molecule has 1 aliphatic rings. The van der Waals surface area contributed by atoms with Crippen LogP contribution in [0, 0.1) is 17.0 Å². The number of aryl methyl sites for hydroxylation is 4. The molecule has 0 aliphatic carbocycles. The molecule has 2 aromatic heterocycles. The Bertz CT molecular complexity index is 675. The number of hydrogen-bond donors (Lipinski definition) is 0. The van der Waals surface area contributed by atoms with Crippen LogP contribution in [-0.4, -0.2) is 29.5 Å². The molecule has 22 heavy (non-hydrogen) atoms. The van der Waals surface area contributed by atoms with Crippen LogP contribution in [0.4, 0.5) is 5.82 Å².